The van der Waals surface area contributed by atoms with E-state index in [0.717, 1.165) is 25.2 Å². The molecule has 3 heterocycles. The third-order valence-electron chi connectivity index (χ3n) is 6.32. The molecule has 2 aromatic carbocycles. The Kier molecular flexibility index (Phi) is 5.09. The highest BCUT2D eigenvalue weighted by Crippen LogP contribution is 2.29. The van der Waals surface area contributed by atoms with E-state index in [4.69, 9.17) is 4.52 Å². The molecule has 0 spiro atoms. The molecule has 30 heavy (non-hydrogen) atoms. The summed E-state index contributed by atoms with van der Waals surface area (Å²) in [6, 6.07) is 18.3. The van der Waals surface area contributed by atoms with Crippen LogP contribution in [-0.2, 0) is 0 Å². The third kappa shape index (κ3) is 3.52. The van der Waals surface area contributed by atoms with E-state index in [-0.39, 0.29) is 5.91 Å². The van der Waals surface area contributed by atoms with Crippen LogP contribution in [0, 0.1) is 0 Å². The molecule has 1 amide bonds. The number of aromatic nitrogens is 2. The molecular formula is C24H26N4O2. The summed E-state index contributed by atoms with van der Waals surface area (Å²) < 4.78 is 5.52. The summed E-state index contributed by atoms with van der Waals surface area (Å²) in [7, 11) is 0. The average Bonchev–Trinajstić information content (AvgIpc) is 3.25. The van der Waals surface area contributed by atoms with Gasteiger partial charge in [0.25, 0.3) is 11.8 Å². The smallest absolute Gasteiger partial charge is 0.259 e. The van der Waals surface area contributed by atoms with Crippen LogP contribution in [0.4, 0.5) is 0 Å². The number of piperidine rings is 1. The average molecular weight is 402 g/mol. The molecule has 1 aromatic heterocycles. The van der Waals surface area contributed by atoms with Gasteiger partial charge in [0.15, 0.2) is 0 Å². The molecule has 1 unspecified atom stereocenters. The molecule has 0 N–H and O–H groups in total. The highest BCUT2D eigenvalue weighted by molar-refractivity contribution is 6.00. The van der Waals surface area contributed by atoms with Crippen LogP contribution in [0.15, 0.2) is 59.1 Å². The fraction of sp³-hybridized carbons (Fsp3) is 0.375. The maximum atomic E-state index is 13.2. The maximum Gasteiger partial charge on any atom is 0.259 e. The Morgan fingerprint density at radius 1 is 1.03 bits per heavy atom. The standard InChI is InChI=1S/C24H26N4O2/c1-17-9-7-8-14-28(17)19-15-27(16-19)24(29)21-13-6-5-12-20(21)23-25-22(26-30-23)18-10-3-2-4-11-18/h2-6,10-13,17,19H,7-9,14-16H2,1H3. The molecule has 2 saturated heterocycles. The van der Waals surface area contributed by atoms with Gasteiger partial charge in [-0.15, -0.1) is 0 Å². The van der Waals surface area contributed by atoms with Crippen LogP contribution in [0.1, 0.15) is 36.5 Å². The zero-order valence-corrected chi connectivity index (χ0v) is 17.2. The highest BCUT2D eigenvalue weighted by atomic mass is 16.5. The number of amides is 1. The molecule has 0 aliphatic carbocycles. The lowest BCUT2D eigenvalue weighted by Crippen LogP contribution is -2.63. The molecule has 3 aromatic rings. The van der Waals surface area contributed by atoms with Gasteiger partial charge in [-0.1, -0.05) is 54.0 Å². The van der Waals surface area contributed by atoms with Crippen LogP contribution in [0.3, 0.4) is 0 Å². The van der Waals surface area contributed by atoms with E-state index >= 15 is 0 Å². The summed E-state index contributed by atoms with van der Waals surface area (Å²) in [6.07, 6.45) is 3.84. The summed E-state index contributed by atoms with van der Waals surface area (Å²) in [5, 5.41) is 4.11. The lowest BCUT2D eigenvalue weighted by Gasteiger charge is -2.49. The first-order valence-electron chi connectivity index (χ1n) is 10.7. The summed E-state index contributed by atoms with van der Waals surface area (Å²) >= 11 is 0. The van der Waals surface area contributed by atoms with Gasteiger partial charge in [0, 0.05) is 30.7 Å². The zero-order chi connectivity index (χ0) is 20.5. The number of carbonyl (C=O) groups is 1. The Morgan fingerprint density at radius 3 is 2.60 bits per heavy atom. The first kappa shape index (κ1) is 19.0. The molecule has 2 fully saturated rings. The second kappa shape index (κ2) is 8.03. The van der Waals surface area contributed by atoms with E-state index in [0.29, 0.717) is 34.9 Å². The number of nitrogens with zero attached hydrogens (tertiary/aromatic N) is 4. The quantitative estimate of drug-likeness (QED) is 0.657. The minimum absolute atomic E-state index is 0.0333. The fourth-order valence-corrected chi connectivity index (χ4v) is 4.56. The number of benzene rings is 2. The number of hydrogen-bond donors (Lipinski definition) is 0. The van der Waals surface area contributed by atoms with E-state index in [9.17, 15) is 4.79 Å². The molecule has 0 saturated carbocycles. The van der Waals surface area contributed by atoms with Crippen molar-refractivity contribution in [2.45, 2.75) is 38.3 Å². The Balaban J connectivity index is 1.33. The van der Waals surface area contributed by atoms with E-state index in [2.05, 4.69) is 22.0 Å². The van der Waals surface area contributed by atoms with Crippen molar-refractivity contribution in [1.82, 2.24) is 19.9 Å². The molecular weight excluding hydrogens is 376 g/mol. The molecule has 0 bridgehead atoms. The summed E-state index contributed by atoms with van der Waals surface area (Å²) in [6.45, 7) is 5.03. The van der Waals surface area contributed by atoms with Gasteiger partial charge in [-0.2, -0.15) is 4.98 Å². The molecule has 2 aliphatic heterocycles. The van der Waals surface area contributed by atoms with Crippen molar-refractivity contribution in [3.63, 3.8) is 0 Å². The predicted molar refractivity (Wildman–Crippen MR) is 115 cm³/mol. The zero-order valence-electron chi connectivity index (χ0n) is 17.2. The lowest BCUT2D eigenvalue weighted by atomic mass is 9.96. The first-order chi connectivity index (χ1) is 14.7. The Hall–Kier alpha value is -2.99. The van der Waals surface area contributed by atoms with Gasteiger partial charge in [0.1, 0.15) is 0 Å². The van der Waals surface area contributed by atoms with Gasteiger partial charge in [0.2, 0.25) is 5.82 Å². The van der Waals surface area contributed by atoms with Crippen LogP contribution in [0.5, 0.6) is 0 Å². The highest BCUT2D eigenvalue weighted by Gasteiger charge is 2.38. The van der Waals surface area contributed by atoms with Gasteiger partial charge in [-0.25, -0.2) is 0 Å². The van der Waals surface area contributed by atoms with Gasteiger partial charge < -0.3 is 9.42 Å². The minimum Gasteiger partial charge on any atom is -0.335 e. The minimum atomic E-state index is 0.0333. The second-order valence-electron chi connectivity index (χ2n) is 8.28. The summed E-state index contributed by atoms with van der Waals surface area (Å²) in [5.41, 5.74) is 2.19. The van der Waals surface area contributed by atoms with E-state index in [1.807, 2.05) is 59.5 Å². The normalized spacial score (nSPS) is 20.2. The van der Waals surface area contributed by atoms with Crippen molar-refractivity contribution in [3.8, 4) is 22.8 Å². The Morgan fingerprint density at radius 2 is 1.80 bits per heavy atom. The van der Waals surface area contributed by atoms with Gasteiger partial charge in [0.05, 0.1) is 11.1 Å². The topological polar surface area (TPSA) is 62.5 Å². The van der Waals surface area contributed by atoms with Crippen LogP contribution < -0.4 is 0 Å². The first-order valence-corrected chi connectivity index (χ1v) is 10.7. The fourth-order valence-electron chi connectivity index (χ4n) is 4.56. The van der Waals surface area contributed by atoms with Crippen LogP contribution in [0.2, 0.25) is 0 Å². The van der Waals surface area contributed by atoms with E-state index in [1.54, 1.807) is 0 Å². The Labute approximate surface area is 176 Å². The number of hydrogen-bond acceptors (Lipinski definition) is 5. The summed E-state index contributed by atoms with van der Waals surface area (Å²) in [4.78, 5) is 22.3. The van der Waals surface area contributed by atoms with Gasteiger partial charge >= 0.3 is 0 Å². The second-order valence-corrected chi connectivity index (χ2v) is 8.28. The monoisotopic (exact) mass is 402 g/mol. The predicted octanol–water partition coefficient (Wildman–Crippen LogP) is 4.10. The third-order valence-corrected chi connectivity index (χ3v) is 6.32. The molecule has 1 atom stereocenters. The number of likely N-dealkylation sites (tertiary alicyclic amines) is 2. The van der Waals surface area contributed by atoms with Crippen LogP contribution >= 0.6 is 0 Å². The van der Waals surface area contributed by atoms with Gasteiger partial charge in [-0.3, -0.25) is 9.69 Å². The van der Waals surface area contributed by atoms with E-state index < -0.39 is 0 Å². The van der Waals surface area contributed by atoms with E-state index in [1.165, 1.54) is 19.3 Å². The number of carbonyl (C=O) groups excluding carboxylic acids is 1. The maximum absolute atomic E-state index is 13.2. The molecule has 5 rings (SSSR count). The van der Waals surface area contributed by atoms with Crippen molar-refractivity contribution in [1.29, 1.82) is 0 Å². The van der Waals surface area contributed by atoms with Gasteiger partial charge in [-0.05, 0) is 38.4 Å². The molecule has 2 aliphatic rings. The van der Waals surface area contributed by atoms with Crippen molar-refractivity contribution in [2.75, 3.05) is 19.6 Å². The van der Waals surface area contributed by atoms with Crippen LogP contribution in [0.25, 0.3) is 22.8 Å². The van der Waals surface area contributed by atoms with Crippen molar-refractivity contribution < 1.29 is 9.32 Å². The molecule has 6 heteroatoms. The van der Waals surface area contributed by atoms with Crippen LogP contribution in [-0.4, -0.2) is 57.6 Å². The molecule has 0 radical (unpaired) electrons. The lowest BCUT2D eigenvalue weighted by molar-refractivity contribution is 0.00216. The molecule has 154 valence electrons. The number of rotatable bonds is 4. The largest absolute Gasteiger partial charge is 0.335 e. The van der Waals surface area contributed by atoms with Crippen molar-refractivity contribution in [3.05, 3.63) is 60.2 Å². The SMILES string of the molecule is CC1CCCCN1C1CN(C(=O)c2ccccc2-c2nc(-c3ccccc3)no2)C1. The molecule has 6 nitrogen and oxygen atoms in total. The summed E-state index contributed by atoms with van der Waals surface area (Å²) in [5.74, 6) is 0.932. The Bertz CT molecular complexity index is 1030. The van der Waals surface area contributed by atoms with Crippen molar-refractivity contribution >= 4 is 5.91 Å². The van der Waals surface area contributed by atoms with Crippen molar-refractivity contribution in [2.24, 2.45) is 0 Å².